The molecule has 100 valence electrons. The summed E-state index contributed by atoms with van der Waals surface area (Å²) < 4.78 is 0. The zero-order chi connectivity index (χ0) is 12.8. The number of fused-ring (bicyclic) bond motifs is 1. The van der Waals surface area contributed by atoms with Crippen molar-refractivity contribution in [1.29, 1.82) is 0 Å². The zero-order valence-corrected chi connectivity index (χ0v) is 11.5. The Balaban J connectivity index is 1.49. The van der Waals surface area contributed by atoms with Crippen molar-refractivity contribution in [1.82, 2.24) is 0 Å². The van der Waals surface area contributed by atoms with E-state index in [0.29, 0.717) is 18.1 Å². The van der Waals surface area contributed by atoms with Gasteiger partial charge in [0, 0.05) is 12.3 Å². The highest BCUT2D eigenvalue weighted by Gasteiger charge is 2.44. The predicted molar refractivity (Wildman–Crippen MR) is 76.1 cm³/mol. The molecule has 2 saturated carbocycles. The maximum absolute atomic E-state index is 12.6. The third kappa shape index (κ3) is 2.35. The SMILES string of the molecule is O=C(Cc1ccc2c(c1)CCC2)C(C1CC1)C1CC1. The van der Waals surface area contributed by atoms with Crippen LogP contribution >= 0.6 is 0 Å². The minimum absolute atomic E-state index is 0.410. The fourth-order valence-electron chi connectivity index (χ4n) is 3.88. The molecule has 0 spiro atoms. The number of hydrogen-bond donors (Lipinski definition) is 0. The molecule has 0 aliphatic heterocycles. The lowest BCUT2D eigenvalue weighted by Gasteiger charge is -2.14. The summed E-state index contributed by atoms with van der Waals surface area (Å²) in [5.74, 6) is 2.43. The van der Waals surface area contributed by atoms with Gasteiger partial charge in [-0.05, 0) is 73.5 Å². The van der Waals surface area contributed by atoms with Gasteiger partial charge in [0.05, 0.1) is 0 Å². The van der Waals surface area contributed by atoms with Crippen LogP contribution in [-0.4, -0.2) is 5.78 Å². The van der Waals surface area contributed by atoms with Crippen LogP contribution in [0.15, 0.2) is 18.2 Å². The normalized spacial score (nSPS) is 21.7. The summed E-state index contributed by atoms with van der Waals surface area (Å²) in [4.78, 5) is 12.6. The van der Waals surface area contributed by atoms with Crippen molar-refractivity contribution in [3.63, 3.8) is 0 Å². The Labute approximate surface area is 115 Å². The lowest BCUT2D eigenvalue weighted by Crippen LogP contribution is -2.21. The summed E-state index contributed by atoms with van der Waals surface area (Å²) in [6, 6.07) is 6.75. The number of hydrogen-bond acceptors (Lipinski definition) is 1. The van der Waals surface area contributed by atoms with Crippen LogP contribution in [0.1, 0.15) is 48.8 Å². The number of rotatable bonds is 5. The van der Waals surface area contributed by atoms with Crippen LogP contribution in [0.3, 0.4) is 0 Å². The molecule has 0 N–H and O–H groups in total. The van der Waals surface area contributed by atoms with Gasteiger partial charge in [0.25, 0.3) is 0 Å². The third-order valence-corrected chi connectivity index (χ3v) is 5.17. The van der Waals surface area contributed by atoms with Crippen LogP contribution in [0.25, 0.3) is 0 Å². The second-order valence-corrected chi connectivity index (χ2v) is 6.80. The molecule has 0 amide bonds. The van der Waals surface area contributed by atoms with Gasteiger partial charge in [-0.25, -0.2) is 0 Å². The maximum Gasteiger partial charge on any atom is 0.140 e. The highest BCUT2D eigenvalue weighted by Crippen LogP contribution is 2.49. The molecule has 1 nitrogen and oxygen atoms in total. The molecule has 1 aromatic rings. The minimum atomic E-state index is 0.410. The Kier molecular flexibility index (Phi) is 2.75. The molecule has 0 bridgehead atoms. The molecule has 0 saturated heterocycles. The van der Waals surface area contributed by atoms with E-state index in [1.54, 1.807) is 0 Å². The summed E-state index contributed by atoms with van der Waals surface area (Å²) in [7, 11) is 0. The Hall–Kier alpha value is -1.11. The number of carbonyl (C=O) groups is 1. The summed E-state index contributed by atoms with van der Waals surface area (Å²) in [5.41, 5.74) is 4.27. The fourth-order valence-corrected chi connectivity index (χ4v) is 3.88. The van der Waals surface area contributed by atoms with Crippen molar-refractivity contribution in [3.8, 4) is 0 Å². The molecule has 4 rings (SSSR count). The van der Waals surface area contributed by atoms with Crippen molar-refractivity contribution in [2.24, 2.45) is 17.8 Å². The number of benzene rings is 1. The van der Waals surface area contributed by atoms with Crippen molar-refractivity contribution >= 4 is 5.78 Å². The predicted octanol–water partition coefficient (Wildman–Crippen LogP) is 3.72. The topological polar surface area (TPSA) is 17.1 Å². The quantitative estimate of drug-likeness (QED) is 0.782. The molecule has 19 heavy (non-hydrogen) atoms. The summed E-state index contributed by atoms with van der Waals surface area (Å²) >= 11 is 0. The Morgan fingerprint density at radius 2 is 1.74 bits per heavy atom. The van der Waals surface area contributed by atoms with Crippen LogP contribution in [0, 0.1) is 17.8 Å². The Morgan fingerprint density at radius 3 is 2.42 bits per heavy atom. The highest BCUT2D eigenvalue weighted by molar-refractivity contribution is 5.84. The van der Waals surface area contributed by atoms with Crippen LogP contribution in [0.2, 0.25) is 0 Å². The van der Waals surface area contributed by atoms with Gasteiger partial charge in [0.1, 0.15) is 5.78 Å². The van der Waals surface area contributed by atoms with E-state index in [1.807, 2.05) is 0 Å². The van der Waals surface area contributed by atoms with Crippen LogP contribution in [0.5, 0.6) is 0 Å². The minimum Gasteiger partial charge on any atom is -0.299 e. The van der Waals surface area contributed by atoms with Gasteiger partial charge in [-0.1, -0.05) is 18.2 Å². The van der Waals surface area contributed by atoms with Crippen molar-refractivity contribution in [2.45, 2.75) is 51.4 Å². The molecule has 0 radical (unpaired) electrons. The lowest BCUT2D eigenvalue weighted by atomic mass is 9.89. The number of Topliss-reactive ketones (excluding diaryl/α,β-unsaturated/α-hetero) is 1. The monoisotopic (exact) mass is 254 g/mol. The van der Waals surface area contributed by atoms with Gasteiger partial charge in [-0.3, -0.25) is 4.79 Å². The molecule has 3 aliphatic carbocycles. The molecule has 1 aromatic carbocycles. The zero-order valence-electron chi connectivity index (χ0n) is 11.5. The van der Waals surface area contributed by atoms with Crippen LogP contribution in [0.4, 0.5) is 0 Å². The summed E-state index contributed by atoms with van der Waals surface area (Å²) in [6.45, 7) is 0. The number of aryl methyl sites for hydroxylation is 2. The second-order valence-electron chi connectivity index (χ2n) is 6.80. The molecular formula is C18H22O. The van der Waals surface area contributed by atoms with E-state index in [-0.39, 0.29) is 0 Å². The highest BCUT2D eigenvalue weighted by atomic mass is 16.1. The van der Waals surface area contributed by atoms with Crippen LogP contribution in [-0.2, 0) is 24.1 Å². The summed E-state index contributed by atoms with van der Waals surface area (Å²) in [6.07, 6.45) is 9.63. The molecular weight excluding hydrogens is 232 g/mol. The molecule has 0 aromatic heterocycles. The molecule has 1 heteroatoms. The first-order valence-corrected chi connectivity index (χ1v) is 7.94. The van der Waals surface area contributed by atoms with Gasteiger partial charge in [-0.2, -0.15) is 0 Å². The first-order valence-electron chi connectivity index (χ1n) is 7.94. The van der Waals surface area contributed by atoms with E-state index in [9.17, 15) is 4.79 Å². The van der Waals surface area contributed by atoms with Crippen LogP contribution < -0.4 is 0 Å². The largest absolute Gasteiger partial charge is 0.299 e. The average molecular weight is 254 g/mol. The average Bonchev–Trinajstić information content (AvgIpc) is 3.31. The second kappa shape index (κ2) is 4.47. The van der Waals surface area contributed by atoms with Gasteiger partial charge < -0.3 is 0 Å². The van der Waals surface area contributed by atoms with Crippen molar-refractivity contribution < 1.29 is 4.79 Å². The first-order chi connectivity index (χ1) is 9.31. The van der Waals surface area contributed by atoms with Gasteiger partial charge in [-0.15, -0.1) is 0 Å². The van der Waals surface area contributed by atoms with Crippen molar-refractivity contribution in [3.05, 3.63) is 34.9 Å². The van der Waals surface area contributed by atoms with E-state index < -0.39 is 0 Å². The lowest BCUT2D eigenvalue weighted by molar-refractivity contribution is -0.123. The smallest absolute Gasteiger partial charge is 0.140 e. The Morgan fingerprint density at radius 1 is 1.05 bits per heavy atom. The standard InChI is InChI=1S/C18H22O/c19-17(18(14-6-7-14)15-8-9-15)11-12-4-5-13-2-1-3-16(13)10-12/h4-5,10,14-15,18H,1-3,6-9,11H2. The Bertz CT molecular complexity index is 496. The molecule has 0 unspecified atom stereocenters. The molecule has 0 atom stereocenters. The van der Waals surface area contributed by atoms with E-state index in [0.717, 1.165) is 11.8 Å². The molecule has 2 fully saturated rings. The third-order valence-electron chi connectivity index (χ3n) is 5.17. The van der Waals surface area contributed by atoms with Gasteiger partial charge in [0.15, 0.2) is 0 Å². The fraction of sp³-hybridized carbons (Fsp3) is 0.611. The molecule has 0 heterocycles. The van der Waals surface area contributed by atoms with E-state index in [1.165, 1.54) is 61.6 Å². The van der Waals surface area contributed by atoms with E-state index in [2.05, 4.69) is 18.2 Å². The van der Waals surface area contributed by atoms with Gasteiger partial charge in [0.2, 0.25) is 0 Å². The number of carbonyl (C=O) groups excluding carboxylic acids is 1. The van der Waals surface area contributed by atoms with Gasteiger partial charge >= 0.3 is 0 Å². The number of ketones is 1. The maximum atomic E-state index is 12.6. The van der Waals surface area contributed by atoms with E-state index >= 15 is 0 Å². The summed E-state index contributed by atoms with van der Waals surface area (Å²) in [5, 5.41) is 0. The molecule has 3 aliphatic rings. The van der Waals surface area contributed by atoms with E-state index in [4.69, 9.17) is 0 Å². The first kappa shape index (κ1) is 11.7. The van der Waals surface area contributed by atoms with Crippen molar-refractivity contribution in [2.75, 3.05) is 0 Å².